The van der Waals surface area contributed by atoms with Crippen LogP contribution in [0.2, 0.25) is 0 Å². The van der Waals surface area contributed by atoms with Crippen LogP contribution in [0.4, 0.5) is 0 Å². The van der Waals surface area contributed by atoms with Gasteiger partial charge in [0.15, 0.2) is 0 Å². The molecule has 1 aliphatic rings. The van der Waals surface area contributed by atoms with Gasteiger partial charge in [-0.1, -0.05) is 0 Å². The van der Waals surface area contributed by atoms with Gasteiger partial charge >= 0.3 is 0 Å². The molecule has 0 saturated heterocycles. The maximum Gasteiger partial charge on any atom is 0.220 e. The summed E-state index contributed by atoms with van der Waals surface area (Å²) in [7, 11) is 0. The molecule has 0 spiro atoms. The highest BCUT2D eigenvalue weighted by Crippen LogP contribution is 2.23. The standard InChI is InChI=1S/C7H13NO2/c8-7(10)5-1-3-6(9)4-2-5/h5-6,9H,1-4H2,(H2,8,10)/t5-,6+. The van der Waals surface area contributed by atoms with E-state index in [2.05, 4.69) is 0 Å². The average Bonchev–Trinajstić information content (AvgIpc) is 1.88. The molecule has 10 heavy (non-hydrogen) atoms. The molecule has 58 valence electrons. The lowest BCUT2D eigenvalue weighted by atomic mass is 9.87. The van der Waals surface area contributed by atoms with Gasteiger partial charge in [-0.3, -0.25) is 4.79 Å². The maximum absolute atomic E-state index is 10.6. The molecular weight excluding hydrogens is 130 g/mol. The summed E-state index contributed by atoms with van der Waals surface area (Å²) in [4.78, 5) is 10.6. The summed E-state index contributed by atoms with van der Waals surface area (Å²) in [5, 5.41) is 9.06. The minimum absolute atomic E-state index is 0.0170. The third kappa shape index (κ3) is 1.70. The molecule has 1 aliphatic carbocycles. The van der Waals surface area contributed by atoms with Crippen molar-refractivity contribution in [2.24, 2.45) is 11.7 Å². The molecule has 1 amide bonds. The summed E-state index contributed by atoms with van der Waals surface area (Å²) < 4.78 is 0. The largest absolute Gasteiger partial charge is 0.393 e. The highest BCUT2D eigenvalue weighted by Gasteiger charge is 2.22. The van der Waals surface area contributed by atoms with Gasteiger partial charge in [-0.05, 0) is 25.7 Å². The fraction of sp³-hybridized carbons (Fsp3) is 0.857. The van der Waals surface area contributed by atoms with Crippen LogP contribution < -0.4 is 5.73 Å². The van der Waals surface area contributed by atoms with Crippen LogP contribution in [0.15, 0.2) is 0 Å². The molecule has 0 radical (unpaired) electrons. The van der Waals surface area contributed by atoms with Crippen LogP contribution in [-0.4, -0.2) is 17.1 Å². The monoisotopic (exact) mass is 143 g/mol. The number of hydrogen-bond acceptors (Lipinski definition) is 2. The second-order valence-corrected chi connectivity index (χ2v) is 2.91. The molecule has 1 rings (SSSR count). The van der Waals surface area contributed by atoms with Gasteiger partial charge in [0, 0.05) is 5.92 Å². The Morgan fingerprint density at radius 1 is 1.30 bits per heavy atom. The SMILES string of the molecule is NC(=O)[C@H]1CC[C@@H](O)CC1. The normalized spacial score (nSPS) is 33.7. The molecule has 0 aromatic rings. The van der Waals surface area contributed by atoms with E-state index in [1.165, 1.54) is 0 Å². The highest BCUT2D eigenvalue weighted by atomic mass is 16.3. The predicted octanol–water partition coefficient (Wildman–Crippen LogP) is 0.0228. The summed E-state index contributed by atoms with van der Waals surface area (Å²) in [6.45, 7) is 0. The third-order valence-corrected chi connectivity index (χ3v) is 2.10. The quantitative estimate of drug-likeness (QED) is 0.543. The Hall–Kier alpha value is -0.570. The molecule has 0 aromatic carbocycles. The molecular formula is C7H13NO2. The van der Waals surface area contributed by atoms with Gasteiger partial charge in [0.2, 0.25) is 5.91 Å². The maximum atomic E-state index is 10.6. The van der Waals surface area contributed by atoms with Crippen LogP contribution in [0.5, 0.6) is 0 Å². The Morgan fingerprint density at radius 2 is 1.80 bits per heavy atom. The Balaban J connectivity index is 2.33. The number of nitrogens with two attached hydrogens (primary N) is 1. The summed E-state index contributed by atoms with van der Waals surface area (Å²) in [6, 6.07) is 0. The van der Waals surface area contributed by atoms with Crippen LogP contribution in [-0.2, 0) is 4.79 Å². The number of hydrogen-bond donors (Lipinski definition) is 2. The first kappa shape index (κ1) is 7.54. The Kier molecular flexibility index (Phi) is 2.27. The second kappa shape index (κ2) is 3.01. The van der Waals surface area contributed by atoms with Crippen molar-refractivity contribution in [3.63, 3.8) is 0 Å². The summed E-state index contributed by atoms with van der Waals surface area (Å²) in [5.41, 5.74) is 5.09. The topological polar surface area (TPSA) is 63.3 Å². The van der Waals surface area contributed by atoms with Gasteiger partial charge in [0.1, 0.15) is 0 Å². The number of primary amides is 1. The molecule has 0 heterocycles. The van der Waals surface area contributed by atoms with E-state index in [4.69, 9.17) is 10.8 Å². The smallest absolute Gasteiger partial charge is 0.220 e. The minimum atomic E-state index is -0.216. The van der Waals surface area contributed by atoms with Crippen molar-refractivity contribution in [3.05, 3.63) is 0 Å². The van der Waals surface area contributed by atoms with E-state index < -0.39 is 0 Å². The zero-order valence-corrected chi connectivity index (χ0v) is 5.92. The number of carbonyl (C=O) groups excluding carboxylic acids is 1. The first-order chi connectivity index (χ1) is 4.70. The van der Waals surface area contributed by atoms with E-state index in [-0.39, 0.29) is 17.9 Å². The van der Waals surface area contributed by atoms with Gasteiger partial charge in [-0.2, -0.15) is 0 Å². The molecule has 0 unspecified atom stereocenters. The Morgan fingerprint density at radius 3 is 2.20 bits per heavy atom. The molecule has 3 nitrogen and oxygen atoms in total. The lowest BCUT2D eigenvalue weighted by Gasteiger charge is -2.22. The minimum Gasteiger partial charge on any atom is -0.393 e. The molecule has 1 saturated carbocycles. The van der Waals surface area contributed by atoms with E-state index in [1.54, 1.807) is 0 Å². The molecule has 0 atom stereocenters. The highest BCUT2D eigenvalue weighted by molar-refractivity contribution is 5.76. The summed E-state index contributed by atoms with van der Waals surface area (Å²) in [5.74, 6) is -0.199. The average molecular weight is 143 g/mol. The van der Waals surface area contributed by atoms with Gasteiger partial charge < -0.3 is 10.8 Å². The summed E-state index contributed by atoms with van der Waals surface area (Å²) >= 11 is 0. The van der Waals surface area contributed by atoms with Crippen molar-refractivity contribution in [3.8, 4) is 0 Å². The van der Waals surface area contributed by atoms with Gasteiger partial charge in [-0.15, -0.1) is 0 Å². The van der Waals surface area contributed by atoms with E-state index in [1.807, 2.05) is 0 Å². The van der Waals surface area contributed by atoms with Gasteiger partial charge in [0.05, 0.1) is 6.10 Å². The van der Waals surface area contributed by atoms with Gasteiger partial charge in [-0.25, -0.2) is 0 Å². The Bertz CT molecular complexity index is 128. The van der Waals surface area contributed by atoms with Crippen LogP contribution in [0.3, 0.4) is 0 Å². The lowest BCUT2D eigenvalue weighted by Crippen LogP contribution is -2.29. The second-order valence-electron chi connectivity index (χ2n) is 2.91. The third-order valence-electron chi connectivity index (χ3n) is 2.10. The zero-order chi connectivity index (χ0) is 7.56. The van der Waals surface area contributed by atoms with E-state index in [0.717, 1.165) is 25.7 Å². The first-order valence-corrected chi connectivity index (χ1v) is 3.67. The van der Waals surface area contributed by atoms with E-state index >= 15 is 0 Å². The molecule has 0 aromatic heterocycles. The lowest BCUT2D eigenvalue weighted by molar-refractivity contribution is -0.123. The van der Waals surface area contributed by atoms with E-state index in [0.29, 0.717) is 0 Å². The van der Waals surface area contributed by atoms with Crippen LogP contribution in [0.1, 0.15) is 25.7 Å². The number of aliphatic hydroxyl groups excluding tert-OH is 1. The first-order valence-electron chi connectivity index (χ1n) is 3.67. The van der Waals surface area contributed by atoms with Crippen LogP contribution >= 0.6 is 0 Å². The van der Waals surface area contributed by atoms with Crippen molar-refractivity contribution in [1.29, 1.82) is 0 Å². The van der Waals surface area contributed by atoms with E-state index in [9.17, 15) is 4.79 Å². The molecule has 0 bridgehead atoms. The molecule has 3 N–H and O–H groups in total. The zero-order valence-electron chi connectivity index (χ0n) is 5.92. The number of amides is 1. The van der Waals surface area contributed by atoms with Crippen molar-refractivity contribution < 1.29 is 9.90 Å². The van der Waals surface area contributed by atoms with Gasteiger partial charge in [0.25, 0.3) is 0 Å². The summed E-state index contributed by atoms with van der Waals surface area (Å²) in [6.07, 6.45) is 2.78. The molecule has 3 heteroatoms. The predicted molar refractivity (Wildman–Crippen MR) is 37.2 cm³/mol. The van der Waals surface area contributed by atoms with Crippen LogP contribution in [0.25, 0.3) is 0 Å². The number of rotatable bonds is 1. The van der Waals surface area contributed by atoms with Crippen molar-refractivity contribution in [1.82, 2.24) is 0 Å². The van der Waals surface area contributed by atoms with Crippen LogP contribution in [0, 0.1) is 5.92 Å². The van der Waals surface area contributed by atoms with Crippen molar-refractivity contribution >= 4 is 5.91 Å². The molecule has 1 fully saturated rings. The number of aliphatic hydroxyl groups is 1. The van der Waals surface area contributed by atoms with Crippen molar-refractivity contribution in [2.75, 3.05) is 0 Å². The van der Waals surface area contributed by atoms with Crippen molar-refractivity contribution in [2.45, 2.75) is 31.8 Å². The fourth-order valence-corrected chi connectivity index (χ4v) is 1.36. The number of carbonyl (C=O) groups is 1. The molecule has 0 aliphatic heterocycles. The Labute approximate surface area is 60.2 Å². The fourth-order valence-electron chi connectivity index (χ4n) is 1.36.